The molecule has 7 heterocycles. The number of fused-ring (bicyclic) bond motifs is 6. The van der Waals surface area contributed by atoms with E-state index in [1.54, 1.807) is 11.7 Å². The molecule has 62 heavy (non-hydrogen) atoms. The van der Waals surface area contributed by atoms with E-state index in [2.05, 4.69) is 39.7 Å². The number of alkyl halides is 2. The Morgan fingerprint density at radius 3 is 2.56 bits per heavy atom. The third-order valence-electron chi connectivity index (χ3n) is 13.9. The van der Waals surface area contributed by atoms with Crippen molar-refractivity contribution in [2.24, 2.45) is 23.2 Å². The van der Waals surface area contributed by atoms with Crippen LogP contribution in [0.1, 0.15) is 75.4 Å². The Labute approximate surface area is 365 Å². The SMILES string of the molecule is CO[C@@H](C)c1ncc(N2CCN(C)CC2)cc1-c1c2c3cc(cc4c3n1CC(F)(F)C4)-c1csc(n1)C[C@H](NC(=O)C1[C@@H](C)[C@H]1C)C(=O)N1CCC[C@H](N1)C(=O)OCC(C)(C)C2. The molecule has 332 valence electrons. The molecule has 3 aromatic heterocycles. The van der Waals surface area contributed by atoms with Gasteiger partial charge in [-0.25, -0.2) is 19.2 Å². The quantitative estimate of drug-likeness (QED) is 0.222. The van der Waals surface area contributed by atoms with Crippen LogP contribution in [0.2, 0.25) is 0 Å². The van der Waals surface area contributed by atoms with Crippen LogP contribution in [0.25, 0.3) is 33.4 Å². The molecule has 13 nitrogen and oxygen atoms in total. The molecule has 1 unspecified atom stereocenters. The van der Waals surface area contributed by atoms with Crippen LogP contribution in [0.5, 0.6) is 0 Å². The summed E-state index contributed by atoms with van der Waals surface area (Å²) in [5.41, 5.74) is 8.84. The van der Waals surface area contributed by atoms with Crippen LogP contribution in [0.4, 0.5) is 14.5 Å². The Balaban J connectivity index is 1.22. The van der Waals surface area contributed by atoms with E-state index in [4.69, 9.17) is 19.4 Å². The zero-order valence-corrected chi connectivity index (χ0v) is 37.5. The Hall–Kier alpha value is -4.51. The number of carbonyl (C=O) groups excluding carboxylic acids is 3. The number of cyclic esters (lactones) is 1. The zero-order chi connectivity index (χ0) is 43.8. The number of benzene rings is 1. The van der Waals surface area contributed by atoms with E-state index in [0.29, 0.717) is 59.0 Å². The van der Waals surface area contributed by atoms with Crippen LogP contribution in [-0.2, 0) is 49.7 Å². The molecular weight excluding hydrogens is 815 g/mol. The average Bonchev–Trinajstić information content (AvgIpc) is 3.49. The third kappa shape index (κ3) is 8.11. The number of nitrogens with zero attached hydrogens (tertiary/aromatic N) is 6. The van der Waals surface area contributed by atoms with Gasteiger partial charge in [-0.2, -0.15) is 0 Å². The lowest BCUT2D eigenvalue weighted by Gasteiger charge is -2.35. The van der Waals surface area contributed by atoms with Gasteiger partial charge >= 0.3 is 5.97 Å². The maximum Gasteiger partial charge on any atom is 0.324 e. The lowest BCUT2D eigenvalue weighted by atomic mass is 9.84. The number of ether oxygens (including phenoxy) is 2. The van der Waals surface area contributed by atoms with Gasteiger partial charge in [0.25, 0.3) is 11.8 Å². The number of esters is 1. The second kappa shape index (κ2) is 16.2. The van der Waals surface area contributed by atoms with Gasteiger partial charge in [-0.05, 0) is 74.4 Å². The summed E-state index contributed by atoms with van der Waals surface area (Å²) in [5, 5.41) is 7.83. The molecule has 2 N–H and O–H groups in total. The number of pyridine rings is 1. The van der Waals surface area contributed by atoms with Crippen molar-refractivity contribution in [3.8, 4) is 22.5 Å². The van der Waals surface area contributed by atoms with Gasteiger partial charge in [0.1, 0.15) is 12.1 Å². The average molecular weight is 873 g/mol. The van der Waals surface area contributed by atoms with Crippen molar-refractivity contribution in [1.29, 1.82) is 0 Å². The minimum Gasteiger partial charge on any atom is -0.464 e. The molecular formula is C46H58F2N8O5S. The number of rotatable bonds is 6. The van der Waals surface area contributed by atoms with Crippen LogP contribution < -0.4 is 15.6 Å². The van der Waals surface area contributed by atoms with Crippen molar-refractivity contribution in [1.82, 2.24) is 35.2 Å². The largest absolute Gasteiger partial charge is 0.464 e. The van der Waals surface area contributed by atoms with E-state index >= 15 is 8.78 Å². The van der Waals surface area contributed by atoms with Crippen molar-refractivity contribution < 1.29 is 32.6 Å². The molecule has 16 heteroatoms. The fourth-order valence-electron chi connectivity index (χ4n) is 9.99. The predicted molar refractivity (Wildman–Crippen MR) is 234 cm³/mol. The van der Waals surface area contributed by atoms with Crippen molar-refractivity contribution in [2.75, 3.05) is 58.4 Å². The number of hydrogen-bond acceptors (Lipinski definition) is 11. The van der Waals surface area contributed by atoms with Gasteiger partial charge in [-0.15, -0.1) is 11.3 Å². The standard InChI is InChI=1S/C46H58F2N8O5S/c1-25-26(2)38(25)42(57)51-35-18-37-50-36(22-62-37)28-15-29-19-46(47,48)23-55-40(29)31(16-28)33(20-45(4,5)24-61-44(59)34-9-8-10-56(52-34)43(35)58)41(55)32-17-30(21-49-39(32)27(3)60-7)54-13-11-53(6)12-14-54/h15-17,21-22,25-27,34-35,38,52H,8-14,18-20,23-24H2,1-7H3,(H,51,57)/t25-,26+,27-,34-,35-,38?/m0/s1. The number of hydrogen-bond donors (Lipinski definition) is 2. The number of piperazine rings is 1. The lowest BCUT2D eigenvalue weighted by Crippen LogP contribution is -2.60. The number of thiazole rings is 1. The van der Waals surface area contributed by atoms with E-state index in [-0.39, 0.29) is 42.6 Å². The summed E-state index contributed by atoms with van der Waals surface area (Å²) >= 11 is 1.37. The summed E-state index contributed by atoms with van der Waals surface area (Å²) in [4.78, 5) is 56.2. The molecule has 4 aliphatic heterocycles. The first-order valence-electron chi connectivity index (χ1n) is 22.0. The summed E-state index contributed by atoms with van der Waals surface area (Å²) < 4.78 is 46.4. The number of hydrazine groups is 1. The van der Waals surface area contributed by atoms with Crippen molar-refractivity contribution in [3.05, 3.63) is 51.6 Å². The minimum absolute atomic E-state index is 0.0413. The summed E-state index contributed by atoms with van der Waals surface area (Å²) in [7, 11) is 3.73. The van der Waals surface area contributed by atoms with Gasteiger partial charge in [0.15, 0.2) is 0 Å². The van der Waals surface area contributed by atoms with Gasteiger partial charge in [-0.1, -0.05) is 27.7 Å². The molecule has 3 fully saturated rings. The highest BCUT2D eigenvalue weighted by atomic mass is 32.1. The highest BCUT2D eigenvalue weighted by Crippen LogP contribution is 2.48. The van der Waals surface area contributed by atoms with Gasteiger partial charge in [0.2, 0.25) is 5.91 Å². The molecule has 4 aromatic rings. The number of amides is 2. The maximum atomic E-state index is 16.3. The molecule has 0 radical (unpaired) electrons. The first-order chi connectivity index (χ1) is 29.5. The zero-order valence-electron chi connectivity index (χ0n) is 36.7. The summed E-state index contributed by atoms with van der Waals surface area (Å²) in [5.74, 6) is -3.83. The van der Waals surface area contributed by atoms with Gasteiger partial charge in [0.05, 0.1) is 58.7 Å². The Morgan fingerprint density at radius 2 is 1.84 bits per heavy atom. The topological polar surface area (TPSA) is 134 Å². The molecule has 6 atom stereocenters. The fraction of sp³-hybridized carbons (Fsp3) is 0.587. The number of carbonyl (C=O) groups is 3. The molecule has 1 aromatic carbocycles. The van der Waals surface area contributed by atoms with Crippen LogP contribution in [-0.4, -0.2) is 114 Å². The Bertz CT molecular complexity index is 2400. The summed E-state index contributed by atoms with van der Waals surface area (Å²) in [6.07, 6.45) is 2.54. The van der Waals surface area contributed by atoms with E-state index in [0.717, 1.165) is 53.9 Å². The number of likely N-dealkylation sites (N-methyl/N-ethyl adjacent to an activating group) is 1. The summed E-state index contributed by atoms with van der Waals surface area (Å²) in [6, 6.07) is 4.27. The van der Waals surface area contributed by atoms with E-state index < -0.39 is 48.5 Å². The Kier molecular flexibility index (Phi) is 11.2. The lowest BCUT2D eigenvalue weighted by molar-refractivity contribution is -0.155. The second-order valence-electron chi connectivity index (χ2n) is 19.2. The van der Waals surface area contributed by atoms with Gasteiger partial charge in [-0.3, -0.25) is 24.4 Å². The van der Waals surface area contributed by atoms with Crippen LogP contribution in [0.3, 0.4) is 0 Å². The first kappa shape index (κ1) is 42.8. The van der Waals surface area contributed by atoms with Crippen molar-refractivity contribution in [2.45, 2.75) is 97.4 Å². The first-order valence-corrected chi connectivity index (χ1v) is 22.9. The second-order valence-corrected chi connectivity index (χ2v) is 20.1. The maximum absolute atomic E-state index is 16.3. The molecule has 0 spiro atoms. The van der Waals surface area contributed by atoms with E-state index in [1.165, 1.54) is 16.3 Å². The number of nitrogens with one attached hydrogen (secondary N) is 2. The van der Waals surface area contributed by atoms with Crippen LogP contribution in [0, 0.1) is 23.2 Å². The minimum atomic E-state index is -3.06. The van der Waals surface area contributed by atoms with E-state index in [1.807, 2.05) is 52.3 Å². The fourth-order valence-corrected chi connectivity index (χ4v) is 10.8. The summed E-state index contributed by atoms with van der Waals surface area (Å²) in [6.45, 7) is 13.3. The smallest absolute Gasteiger partial charge is 0.324 e. The molecule has 6 bridgehead atoms. The molecule has 1 saturated carbocycles. The number of methoxy groups -OCH3 is 1. The molecule has 5 aliphatic rings. The van der Waals surface area contributed by atoms with Crippen LogP contribution >= 0.6 is 11.3 Å². The molecule has 1 aliphatic carbocycles. The monoisotopic (exact) mass is 872 g/mol. The van der Waals surface area contributed by atoms with Crippen molar-refractivity contribution in [3.63, 3.8) is 0 Å². The normalized spacial score (nSPS) is 26.8. The molecule has 2 amide bonds. The van der Waals surface area contributed by atoms with E-state index in [9.17, 15) is 14.4 Å². The number of halogens is 2. The predicted octanol–water partition coefficient (Wildman–Crippen LogP) is 6.03. The highest BCUT2D eigenvalue weighted by molar-refractivity contribution is 7.10. The Morgan fingerprint density at radius 1 is 1.08 bits per heavy atom. The van der Waals surface area contributed by atoms with Crippen LogP contribution in [0.15, 0.2) is 29.8 Å². The van der Waals surface area contributed by atoms with Gasteiger partial charge < -0.3 is 29.2 Å². The number of anilines is 1. The highest BCUT2D eigenvalue weighted by Gasteiger charge is 2.49. The van der Waals surface area contributed by atoms with Gasteiger partial charge in [0, 0.05) is 85.9 Å². The van der Waals surface area contributed by atoms with Crippen molar-refractivity contribution >= 4 is 45.7 Å². The molecule has 2 saturated heterocycles. The third-order valence-corrected chi connectivity index (χ3v) is 14.8. The number of aromatic nitrogens is 3. The molecule has 9 rings (SSSR count).